The molecule has 0 aliphatic carbocycles. The van der Waals surface area contributed by atoms with E-state index in [9.17, 15) is 4.79 Å². The van der Waals surface area contributed by atoms with Gasteiger partial charge in [0.2, 0.25) is 0 Å². The molecular weight excluding hydrogens is 214 g/mol. The summed E-state index contributed by atoms with van der Waals surface area (Å²) in [6.45, 7) is 1.82. The molecule has 1 fully saturated rings. The normalized spacial score (nSPS) is 24.2. The molecule has 2 heterocycles. The monoisotopic (exact) mass is 229 g/mol. The van der Waals surface area contributed by atoms with Crippen LogP contribution in [-0.2, 0) is 4.79 Å². The number of fused-ring (bicyclic) bond motifs is 1. The first-order chi connectivity index (χ1) is 8.36. The number of carbonyl (C=O) groups is 1. The Hall–Kier alpha value is -1.68. The molecule has 0 saturated carbocycles. The zero-order chi connectivity index (χ0) is 11.7. The van der Waals surface area contributed by atoms with Crippen molar-refractivity contribution in [1.82, 2.24) is 5.32 Å². The lowest BCUT2D eigenvalue weighted by molar-refractivity contribution is -0.119. The van der Waals surface area contributed by atoms with E-state index in [1.165, 1.54) is 0 Å². The first kappa shape index (κ1) is 10.5. The minimum atomic E-state index is -0.00907. The molecule has 2 aliphatic rings. The van der Waals surface area contributed by atoms with Gasteiger partial charge < -0.3 is 5.32 Å². The molecule has 1 aromatic carbocycles. The fourth-order valence-electron chi connectivity index (χ4n) is 2.39. The van der Waals surface area contributed by atoms with Crippen LogP contribution in [0, 0.1) is 5.92 Å². The van der Waals surface area contributed by atoms with Gasteiger partial charge >= 0.3 is 0 Å². The van der Waals surface area contributed by atoms with Gasteiger partial charge in [-0.05, 0) is 25.1 Å². The molecule has 1 atom stereocenters. The van der Waals surface area contributed by atoms with Crippen molar-refractivity contribution in [3.05, 3.63) is 30.3 Å². The first-order valence-corrected chi connectivity index (χ1v) is 6.03. The first-order valence-electron chi connectivity index (χ1n) is 6.03. The summed E-state index contributed by atoms with van der Waals surface area (Å²) in [5.74, 6) is 0.111. The maximum Gasteiger partial charge on any atom is 0.256 e. The van der Waals surface area contributed by atoms with Crippen molar-refractivity contribution in [2.24, 2.45) is 11.0 Å². The standard InChI is InChI=1S/C13H15N3O/c17-13-11-6-8-14-9-7-12(11)15-16(13)10-4-2-1-3-5-10/h1-5,11,14H,6-9H2. The van der Waals surface area contributed by atoms with Crippen molar-refractivity contribution in [3.63, 3.8) is 0 Å². The van der Waals surface area contributed by atoms with E-state index in [4.69, 9.17) is 0 Å². The Labute approximate surface area is 100 Å². The number of hydrogen-bond acceptors (Lipinski definition) is 3. The lowest BCUT2D eigenvalue weighted by Gasteiger charge is -2.13. The third kappa shape index (κ3) is 1.85. The molecule has 1 saturated heterocycles. The Kier molecular flexibility index (Phi) is 2.65. The molecule has 1 aromatic rings. The number of benzene rings is 1. The highest BCUT2D eigenvalue weighted by Crippen LogP contribution is 2.27. The largest absolute Gasteiger partial charge is 0.316 e. The van der Waals surface area contributed by atoms with Crippen molar-refractivity contribution in [2.45, 2.75) is 12.8 Å². The fraction of sp³-hybridized carbons (Fsp3) is 0.385. The van der Waals surface area contributed by atoms with Gasteiger partial charge in [-0.3, -0.25) is 4.79 Å². The second-order valence-electron chi connectivity index (χ2n) is 4.42. The Balaban J connectivity index is 1.91. The number of para-hydroxylation sites is 1. The number of rotatable bonds is 1. The molecule has 88 valence electrons. The third-order valence-corrected chi connectivity index (χ3v) is 3.31. The number of nitrogens with zero attached hydrogens (tertiary/aromatic N) is 2. The SMILES string of the molecule is O=C1C2CCNCCC2=NN1c1ccccc1. The van der Waals surface area contributed by atoms with Crippen LogP contribution < -0.4 is 10.3 Å². The number of anilines is 1. The van der Waals surface area contributed by atoms with E-state index in [0.29, 0.717) is 0 Å². The Morgan fingerprint density at radius 2 is 2.06 bits per heavy atom. The molecule has 3 rings (SSSR count). The van der Waals surface area contributed by atoms with Crippen LogP contribution in [0.3, 0.4) is 0 Å². The average Bonchev–Trinajstić information content (AvgIpc) is 2.56. The summed E-state index contributed by atoms with van der Waals surface area (Å²) in [6, 6.07) is 9.65. The van der Waals surface area contributed by atoms with Crippen LogP contribution in [0.4, 0.5) is 5.69 Å². The summed E-state index contributed by atoms with van der Waals surface area (Å²) >= 11 is 0. The van der Waals surface area contributed by atoms with Crippen molar-refractivity contribution >= 4 is 17.3 Å². The highest BCUT2D eigenvalue weighted by Gasteiger charge is 2.36. The molecule has 0 spiro atoms. The number of hydrazone groups is 1. The molecule has 4 nitrogen and oxygen atoms in total. The molecule has 17 heavy (non-hydrogen) atoms. The van der Waals surface area contributed by atoms with Gasteiger partial charge in [0.1, 0.15) is 0 Å². The number of amides is 1. The number of nitrogens with one attached hydrogen (secondary N) is 1. The van der Waals surface area contributed by atoms with Gasteiger partial charge in [0.15, 0.2) is 0 Å². The predicted molar refractivity (Wildman–Crippen MR) is 67.0 cm³/mol. The van der Waals surface area contributed by atoms with Crippen LogP contribution in [0.25, 0.3) is 0 Å². The van der Waals surface area contributed by atoms with E-state index in [2.05, 4.69) is 10.4 Å². The Bertz CT molecular complexity index is 455. The smallest absolute Gasteiger partial charge is 0.256 e. The third-order valence-electron chi connectivity index (χ3n) is 3.31. The van der Waals surface area contributed by atoms with E-state index in [1.807, 2.05) is 30.3 Å². The molecule has 2 aliphatic heterocycles. The van der Waals surface area contributed by atoms with E-state index in [-0.39, 0.29) is 11.8 Å². The Morgan fingerprint density at radius 3 is 2.88 bits per heavy atom. The number of hydrogen-bond donors (Lipinski definition) is 1. The van der Waals surface area contributed by atoms with Crippen molar-refractivity contribution in [1.29, 1.82) is 0 Å². The summed E-state index contributed by atoms with van der Waals surface area (Å²) < 4.78 is 0. The van der Waals surface area contributed by atoms with Crippen LogP contribution in [0.15, 0.2) is 35.4 Å². The van der Waals surface area contributed by atoms with Gasteiger partial charge in [-0.2, -0.15) is 5.10 Å². The van der Waals surface area contributed by atoms with Crippen LogP contribution in [-0.4, -0.2) is 24.7 Å². The van der Waals surface area contributed by atoms with Crippen LogP contribution >= 0.6 is 0 Å². The maximum absolute atomic E-state index is 12.3. The van der Waals surface area contributed by atoms with Gasteiger partial charge in [-0.25, -0.2) is 5.01 Å². The molecule has 4 heteroatoms. The average molecular weight is 229 g/mol. The van der Waals surface area contributed by atoms with Gasteiger partial charge in [0.25, 0.3) is 5.91 Å². The highest BCUT2D eigenvalue weighted by atomic mass is 16.2. The van der Waals surface area contributed by atoms with Crippen molar-refractivity contribution in [2.75, 3.05) is 18.1 Å². The predicted octanol–water partition coefficient (Wildman–Crippen LogP) is 1.39. The van der Waals surface area contributed by atoms with Crippen LogP contribution in [0.1, 0.15) is 12.8 Å². The molecule has 0 radical (unpaired) electrons. The van der Waals surface area contributed by atoms with Crippen molar-refractivity contribution in [3.8, 4) is 0 Å². The van der Waals surface area contributed by atoms with E-state index >= 15 is 0 Å². The molecular formula is C13H15N3O. The zero-order valence-corrected chi connectivity index (χ0v) is 9.60. The zero-order valence-electron chi connectivity index (χ0n) is 9.60. The number of carbonyl (C=O) groups excluding carboxylic acids is 1. The summed E-state index contributed by atoms with van der Waals surface area (Å²) in [4.78, 5) is 12.3. The minimum absolute atomic E-state index is 0.00907. The Morgan fingerprint density at radius 1 is 1.24 bits per heavy atom. The molecule has 1 N–H and O–H groups in total. The van der Waals surface area contributed by atoms with Crippen LogP contribution in [0.5, 0.6) is 0 Å². The maximum atomic E-state index is 12.3. The van der Waals surface area contributed by atoms with Gasteiger partial charge in [0.05, 0.1) is 17.3 Å². The molecule has 1 amide bonds. The van der Waals surface area contributed by atoms with Gasteiger partial charge in [-0.15, -0.1) is 0 Å². The van der Waals surface area contributed by atoms with Gasteiger partial charge in [0, 0.05) is 13.0 Å². The van der Waals surface area contributed by atoms with Crippen LogP contribution in [0.2, 0.25) is 0 Å². The molecule has 0 bridgehead atoms. The summed E-state index contributed by atoms with van der Waals surface area (Å²) in [6.07, 6.45) is 1.74. The summed E-state index contributed by atoms with van der Waals surface area (Å²) in [5.41, 5.74) is 1.90. The summed E-state index contributed by atoms with van der Waals surface area (Å²) in [7, 11) is 0. The fourth-order valence-corrected chi connectivity index (χ4v) is 2.39. The quantitative estimate of drug-likeness (QED) is 0.791. The summed E-state index contributed by atoms with van der Waals surface area (Å²) in [5, 5.41) is 9.34. The van der Waals surface area contributed by atoms with Gasteiger partial charge in [-0.1, -0.05) is 18.2 Å². The van der Waals surface area contributed by atoms with Crippen molar-refractivity contribution < 1.29 is 4.79 Å². The van der Waals surface area contributed by atoms with E-state index in [0.717, 1.165) is 37.3 Å². The second-order valence-corrected chi connectivity index (χ2v) is 4.42. The lowest BCUT2D eigenvalue weighted by atomic mass is 9.99. The van der Waals surface area contributed by atoms with E-state index in [1.54, 1.807) is 5.01 Å². The lowest BCUT2D eigenvalue weighted by Crippen LogP contribution is -2.28. The topological polar surface area (TPSA) is 44.7 Å². The second kappa shape index (κ2) is 4.30. The molecule has 0 aromatic heterocycles. The molecule has 1 unspecified atom stereocenters. The highest BCUT2D eigenvalue weighted by molar-refractivity contribution is 6.15. The minimum Gasteiger partial charge on any atom is -0.316 e. The van der Waals surface area contributed by atoms with E-state index < -0.39 is 0 Å².